The van der Waals surface area contributed by atoms with Crippen LogP contribution in [0.3, 0.4) is 0 Å². The number of aromatic nitrogens is 1. The highest BCUT2D eigenvalue weighted by Crippen LogP contribution is 2.14. The van der Waals surface area contributed by atoms with Crippen molar-refractivity contribution in [3.8, 4) is 0 Å². The van der Waals surface area contributed by atoms with Gasteiger partial charge < -0.3 is 15.0 Å². The number of morpholine rings is 1. The fourth-order valence-corrected chi connectivity index (χ4v) is 2.61. The van der Waals surface area contributed by atoms with E-state index in [1.807, 2.05) is 13.1 Å². The largest absolute Gasteiger partial charge is 0.366 e. The van der Waals surface area contributed by atoms with Gasteiger partial charge in [-0.05, 0) is 6.92 Å². The number of nitrogens with zero attached hydrogens (tertiary/aromatic N) is 2. The minimum absolute atomic E-state index is 0.0308. The Labute approximate surface area is 105 Å². The third-order valence-electron chi connectivity index (χ3n) is 2.64. The number of thiazole rings is 1. The molecule has 1 aliphatic heterocycles. The number of aryl methyl sites for hydroxylation is 1. The summed E-state index contributed by atoms with van der Waals surface area (Å²) in [7, 11) is 1.80. The molecule has 0 spiro atoms. The summed E-state index contributed by atoms with van der Waals surface area (Å²) in [5.74, 6) is 0.0308. The molecule has 1 atom stereocenters. The molecule has 6 heteroatoms. The average molecular weight is 255 g/mol. The van der Waals surface area contributed by atoms with E-state index in [-0.39, 0.29) is 12.0 Å². The maximum absolute atomic E-state index is 12.1. The van der Waals surface area contributed by atoms with Crippen molar-refractivity contribution in [2.45, 2.75) is 19.6 Å². The summed E-state index contributed by atoms with van der Waals surface area (Å²) < 4.78 is 5.44. The van der Waals surface area contributed by atoms with Crippen molar-refractivity contribution < 1.29 is 9.53 Å². The van der Waals surface area contributed by atoms with Crippen molar-refractivity contribution in [2.24, 2.45) is 0 Å². The van der Waals surface area contributed by atoms with E-state index in [4.69, 9.17) is 4.74 Å². The predicted octanol–water partition coefficient (Wildman–Crippen LogP) is 0.398. The van der Waals surface area contributed by atoms with Crippen molar-refractivity contribution in [2.75, 3.05) is 26.7 Å². The van der Waals surface area contributed by atoms with E-state index in [0.29, 0.717) is 19.7 Å². The second-order valence-corrected chi connectivity index (χ2v) is 5.42. The first kappa shape index (κ1) is 12.5. The third kappa shape index (κ3) is 3.24. The summed E-state index contributed by atoms with van der Waals surface area (Å²) in [6.07, 6.45) is 1.48. The Morgan fingerprint density at radius 2 is 2.59 bits per heavy atom. The van der Waals surface area contributed by atoms with E-state index >= 15 is 0 Å². The van der Waals surface area contributed by atoms with Gasteiger partial charge in [0.1, 0.15) is 6.10 Å². The Kier molecular flexibility index (Phi) is 4.09. The molecule has 0 aliphatic carbocycles. The molecule has 1 N–H and O–H groups in total. The van der Waals surface area contributed by atoms with Gasteiger partial charge in [-0.1, -0.05) is 0 Å². The molecule has 0 bridgehead atoms. The molecule has 0 aromatic carbocycles. The van der Waals surface area contributed by atoms with Gasteiger partial charge in [0.05, 0.1) is 18.2 Å². The highest BCUT2D eigenvalue weighted by molar-refractivity contribution is 7.11. The summed E-state index contributed by atoms with van der Waals surface area (Å²) in [5.41, 5.74) is 0. The normalized spacial score (nSPS) is 20.2. The lowest BCUT2D eigenvalue weighted by molar-refractivity contribution is -0.144. The van der Waals surface area contributed by atoms with Crippen molar-refractivity contribution >= 4 is 17.2 Å². The number of carbonyl (C=O) groups excluding carboxylic acids is 1. The number of likely N-dealkylation sites (N-methyl/N-ethyl adjacent to an activating group) is 1. The molecule has 1 unspecified atom stereocenters. The number of ether oxygens (including phenoxy) is 1. The van der Waals surface area contributed by atoms with Crippen LogP contribution in [0.4, 0.5) is 0 Å². The zero-order valence-electron chi connectivity index (χ0n) is 10.1. The maximum atomic E-state index is 12.1. The quantitative estimate of drug-likeness (QED) is 0.849. The molecule has 2 heterocycles. The van der Waals surface area contributed by atoms with Gasteiger partial charge in [-0.15, -0.1) is 11.3 Å². The Morgan fingerprint density at radius 1 is 1.76 bits per heavy atom. The average Bonchev–Trinajstić information content (AvgIpc) is 2.75. The van der Waals surface area contributed by atoms with Gasteiger partial charge in [-0.25, -0.2) is 4.98 Å². The number of carbonyl (C=O) groups is 1. The minimum Gasteiger partial charge on any atom is -0.366 e. The molecule has 0 saturated carbocycles. The first-order valence-corrected chi connectivity index (χ1v) is 6.47. The van der Waals surface area contributed by atoms with Crippen LogP contribution in [0.25, 0.3) is 0 Å². The molecule has 5 nitrogen and oxygen atoms in total. The fourth-order valence-electron chi connectivity index (χ4n) is 1.76. The van der Waals surface area contributed by atoms with E-state index in [2.05, 4.69) is 10.3 Å². The molecule has 1 fully saturated rings. The summed E-state index contributed by atoms with van der Waals surface area (Å²) in [6, 6.07) is 0. The zero-order chi connectivity index (χ0) is 12.3. The molecule has 2 rings (SSSR count). The number of hydrogen-bond donors (Lipinski definition) is 1. The molecule has 0 radical (unpaired) electrons. The van der Waals surface area contributed by atoms with Gasteiger partial charge in [0, 0.05) is 31.2 Å². The van der Waals surface area contributed by atoms with Gasteiger partial charge >= 0.3 is 0 Å². The predicted molar refractivity (Wildman–Crippen MR) is 65.9 cm³/mol. The van der Waals surface area contributed by atoms with Crippen molar-refractivity contribution in [3.05, 3.63) is 16.1 Å². The SMILES string of the molecule is Cc1ncc(CN(C)C(=O)C2CNCCO2)s1. The van der Waals surface area contributed by atoms with Crippen LogP contribution < -0.4 is 5.32 Å². The van der Waals surface area contributed by atoms with Crippen LogP contribution in [0.1, 0.15) is 9.88 Å². The molecule has 1 aliphatic rings. The standard InChI is InChI=1S/C11H17N3O2S/c1-8-13-5-9(17-8)7-14(2)11(15)10-6-12-3-4-16-10/h5,10,12H,3-4,6-7H2,1-2H3. The van der Waals surface area contributed by atoms with Crippen LogP contribution in [0.2, 0.25) is 0 Å². The third-order valence-corrected chi connectivity index (χ3v) is 3.54. The summed E-state index contributed by atoms with van der Waals surface area (Å²) in [4.78, 5) is 19.0. The fraction of sp³-hybridized carbons (Fsp3) is 0.636. The lowest BCUT2D eigenvalue weighted by atomic mass is 10.2. The Balaban J connectivity index is 1.90. The van der Waals surface area contributed by atoms with Gasteiger partial charge in [0.15, 0.2) is 0 Å². The van der Waals surface area contributed by atoms with Crippen LogP contribution in [-0.4, -0.2) is 48.6 Å². The lowest BCUT2D eigenvalue weighted by Crippen LogP contribution is -2.48. The lowest BCUT2D eigenvalue weighted by Gasteiger charge is -2.26. The van der Waals surface area contributed by atoms with E-state index in [1.54, 1.807) is 23.3 Å². The molecule has 1 aromatic rings. The molecule has 1 saturated heterocycles. The second kappa shape index (κ2) is 5.57. The van der Waals surface area contributed by atoms with Crippen LogP contribution in [0.15, 0.2) is 6.20 Å². The zero-order valence-corrected chi connectivity index (χ0v) is 10.9. The van der Waals surface area contributed by atoms with E-state index in [0.717, 1.165) is 16.4 Å². The molecule has 1 aromatic heterocycles. The van der Waals surface area contributed by atoms with Crippen molar-refractivity contribution in [1.29, 1.82) is 0 Å². The summed E-state index contributed by atoms with van der Waals surface area (Å²) in [6.45, 7) is 4.59. The first-order chi connectivity index (χ1) is 8.16. The van der Waals surface area contributed by atoms with E-state index in [9.17, 15) is 4.79 Å². The Hall–Kier alpha value is -0.980. The van der Waals surface area contributed by atoms with E-state index < -0.39 is 0 Å². The Bertz CT molecular complexity index is 388. The smallest absolute Gasteiger partial charge is 0.253 e. The maximum Gasteiger partial charge on any atom is 0.253 e. The highest BCUT2D eigenvalue weighted by Gasteiger charge is 2.25. The Morgan fingerprint density at radius 3 is 3.18 bits per heavy atom. The molecule has 94 valence electrons. The van der Waals surface area contributed by atoms with Gasteiger partial charge in [-0.3, -0.25) is 4.79 Å². The van der Waals surface area contributed by atoms with Crippen molar-refractivity contribution in [1.82, 2.24) is 15.2 Å². The van der Waals surface area contributed by atoms with Crippen LogP contribution in [-0.2, 0) is 16.1 Å². The van der Waals surface area contributed by atoms with Crippen molar-refractivity contribution in [3.63, 3.8) is 0 Å². The summed E-state index contributed by atoms with van der Waals surface area (Å²) >= 11 is 1.62. The topological polar surface area (TPSA) is 54.5 Å². The second-order valence-electron chi connectivity index (χ2n) is 4.10. The number of rotatable bonds is 3. The van der Waals surface area contributed by atoms with Crippen LogP contribution in [0.5, 0.6) is 0 Å². The molecule has 17 heavy (non-hydrogen) atoms. The van der Waals surface area contributed by atoms with Gasteiger partial charge in [0.2, 0.25) is 0 Å². The minimum atomic E-state index is -0.345. The summed E-state index contributed by atoms with van der Waals surface area (Å²) in [5, 5.41) is 4.18. The number of nitrogens with one attached hydrogen (secondary N) is 1. The van der Waals surface area contributed by atoms with Gasteiger partial charge in [-0.2, -0.15) is 0 Å². The van der Waals surface area contributed by atoms with E-state index in [1.165, 1.54) is 0 Å². The van der Waals surface area contributed by atoms with Crippen LogP contribution in [0, 0.1) is 6.92 Å². The highest BCUT2D eigenvalue weighted by atomic mass is 32.1. The molecular weight excluding hydrogens is 238 g/mol. The number of amides is 1. The van der Waals surface area contributed by atoms with Gasteiger partial charge in [0.25, 0.3) is 5.91 Å². The molecule has 1 amide bonds. The number of hydrogen-bond acceptors (Lipinski definition) is 5. The first-order valence-electron chi connectivity index (χ1n) is 5.65. The monoisotopic (exact) mass is 255 g/mol. The van der Waals surface area contributed by atoms with Crippen LogP contribution >= 0.6 is 11.3 Å². The molecular formula is C11H17N3O2S.